The molecule has 0 radical (unpaired) electrons. The molecule has 15 heavy (non-hydrogen) atoms. The summed E-state index contributed by atoms with van der Waals surface area (Å²) in [6, 6.07) is 4.01. The van der Waals surface area contributed by atoms with Gasteiger partial charge < -0.3 is 10.1 Å². The molecule has 0 bridgehead atoms. The van der Waals surface area contributed by atoms with E-state index >= 15 is 0 Å². The minimum Gasteiger partial charge on any atom is -0.375 e. The van der Waals surface area contributed by atoms with Crippen LogP contribution in [0.4, 0.5) is 0 Å². The first-order valence-corrected chi connectivity index (χ1v) is 5.41. The monoisotopic (exact) mass is 226 g/mol. The van der Waals surface area contributed by atoms with E-state index in [4.69, 9.17) is 16.3 Å². The van der Waals surface area contributed by atoms with E-state index in [1.165, 1.54) is 0 Å². The number of aromatic nitrogens is 1. The van der Waals surface area contributed by atoms with Gasteiger partial charge in [0.25, 0.3) is 0 Å². The lowest BCUT2D eigenvalue weighted by Crippen LogP contribution is -2.61. The van der Waals surface area contributed by atoms with E-state index < -0.39 is 0 Å². The van der Waals surface area contributed by atoms with Crippen LogP contribution in [0.15, 0.2) is 12.1 Å². The third kappa shape index (κ3) is 2.14. The van der Waals surface area contributed by atoms with Gasteiger partial charge in [-0.3, -0.25) is 0 Å². The number of nitrogens with zero attached hydrogens (tertiary/aromatic N) is 1. The molecule has 0 atom stereocenters. The van der Waals surface area contributed by atoms with Crippen molar-refractivity contribution in [3.05, 3.63) is 28.5 Å². The molecule has 1 aromatic heterocycles. The largest absolute Gasteiger partial charge is 0.375 e. The molecule has 0 amide bonds. The van der Waals surface area contributed by atoms with Crippen LogP contribution >= 0.6 is 11.6 Å². The molecule has 1 aliphatic heterocycles. The Morgan fingerprint density at radius 3 is 2.73 bits per heavy atom. The van der Waals surface area contributed by atoms with Crippen molar-refractivity contribution >= 4 is 11.6 Å². The molecule has 1 aliphatic rings. The van der Waals surface area contributed by atoms with Crippen molar-refractivity contribution in [1.82, 2.24) is 10.3 Å². The Morgan fingerprint density at radius 2 is 2.27 bits per heavy atom. The van der Waals surface area contributed by atoms with E-state index in [9.17, 15) is 0 Å². The lowest BCUT2D eigenvalue weighted by molar-refractivity contribution is -0.0502. The fourth-order valence-electron chi connectivity index (χ4n) is 1.78. The van der Waals surface area contributed by atoms with E-state index in [1.54, 1.807) is 7.11 Å². The Kier molecular flexibility index (Phi) is 2.96. The average molecular weight is 227 g/mol. The normalized spacial score (nSPS) is 18.6. The van der Waals surface area contributed by atoms with Crippen molar-refractivity contribution in [2.24, 2.45) is 0 Å². The summed E-state index contributed by atoms with van der Waals surface area (Å²) in [5.41, 5.74) is 1.92. The molecule has 82 valence electrons. The molecule has 4 heteroatoms. The average Bonchev–Trinajstić information content (AvgIpc) is 2.14. The van der Waals surface area contributed by atoms with Gasteiger partial charge >= 0.3 is 0 Å². The quantitative estimate of drug-likeness (QED) is 0.795. The second-order valence-electron chi connectivity index (χ2n) is 4.07. The van der Waals surface area contributed by atoms with Gasteiger partial charge in [-0.15, -0.1) is 0 Å². The topological polar surface area (TPSA) is 34.1 Å². The highest BCUT2D eigenvalue weighted by Crippen LogP contribution is 2.25. The standard InChI is InChI=1S/C11H15ClN2O/c1-8-3-4-9(10(12)14-8)5-11(15-2)6-13-7-11/h3-4,13H,5-7H2,1-2H3. The number of pyridine rings is 1. The molecule has 0 unspecified atom stereocenters. The molecule has 0 spiro atoms. The summed E-state index contributed by atoms with van der Waals surface area (Å²) in [6.07, 6.45) is 0.822. The van der Waals surface area contributed by atoms with Crippen LogP contribution in [0.2, 0.25) is 5.15 Å². The number of hydrogen-bond acceptors (Lipinski definition) is 3. The van der Waals surface area contributed by atoms with Crippen molar-refractivity contribution in [2.75, 3.05) is 20.2 Å². The molecular weight excluding hydrogens is 212 g/mol. The third-order valence-corrected chi connectivity index (χ3v) is 3.23. The van der Waals surface area contributed by atoms with Gasteiger partial charge in [0.1, 0.15) is 5.15 Å². The summed E-state index contributed by atoms with van der Waals surface area (Å²) in [6.45, 7) is 3.70. The van der Waals surface area contributed by atoms with Crippen LogP contribution in [-0.2, 0) is 11.2 Å². The molecular formula is C11H15ClN2O. The SMILES string of the molecule is COC1(Cc2ccc(C)nc2Cl)CNC1. The predicted molar refractivity (Wildman–Crippen MR) is 60.3 cm³/mol. The Labute approximate surface area is 94.8 Å². The molecule has 2 heterocycles. The van der Waals surface area contributed by atoms with Crippen molar-refractivity contribution in [2.45, 2.75) is 18.9 Å². The maximum Gasteiger partial charge on any atom is 0.132 e. The van der Waals surface area contributed by atoms with Gasteiger partial charge in [-0.1, -0.05) is 17.7 Å². The fraction of sp³-hybridized carbons (Fsp3) is 0.545. The van der Waals surface area contributed by atoms with E-state index in [1.807, 2.05) is 19.1 Å². The first-order valence-electron chi connectivity index (χ1n) is 5.03. The van der Waals surface area contributed by atoms with Gasteiger partial charge in [-0.05, 0) is 18.6 Å². The Bertz CT molecular complexity index is 358. The van der Waals surface area contributed by atoms with Gasteiger partial charge in [0.05, 0.1) is 5.60 Å². The van der Waals surface area contributed by atoms with Crippen molar-refractivity contribution in [3.63, 3.8) is 0 Å². The summed E-state index contributed by atoms with van der Waals surface area (Å²) in [5.74, 6) is 0. The molecule has 1 N–H and O–H groups in total. The molecule has 1 saturated heterocycles. The van der Waals surface area contributed by atoms with Gasteiger partial charge in [0.2, 0.25) is 0 Å². The number of rotatable bonds is 3. The second kappa shape index (κ2) is 4.08. The zero-order valence-corrected chi connectivity index (χ0v) is 9.77. The van der Waals surface area contributed by atoms with Gasteiger partial charge in [0, 0.05) is 32.3 Å². The van der Waals surface area contributed by atoms with Crippen molar-refractivity contribution < 1.29 is 4.74 Å². The van der Waals surface area contributed by atoms with Crippen LogP contribution in [0.1, 0.15) is 11.3 Å². The van der Waals surface area contributed by atoms with Gasteiger partial charge in [-0.25, -0.2) is 4.98 Å². The summed E-state index contributed by atoms with van der Waals surface area (Å²) in [7, 11) is 1.75. The fourth-order valence-corrected chi connectivity index (χ4v) is 2.04. The van der Waals surface area contributed by atoms with Gasteiger partial charge in [0.15, 0.2) is 0 Å². The number of methoxy groups -OCH3 is 1. The molecule has 0 aromatic carbocycles. The molecule has 1 fully saturated rings. The summed E-state index contributed by atoms with van der Waals surface area (Å²) in [5, 5.41) is 3.81. The van der Waals surface area contributed by atoms with Crippen LogP contribution in [0.25, 0.3) is 0 Å². The van der Waals surface area contributed by atoms with Crippen LogP contribution < -0.4 is 5.32 Å². The second-order valence-corrected chi connectivity index (χ2v) is 4.43. The lowest BCUT2D eigenvalue weighted by Gasteiger charge is -2.41. The van der Waals surface area contributed by atoms with Crippen LogP contribution in [-0.4, -0.2) is 30.8 Å². The van der Waals surface area contributed by atoms with Crippen molar-refractivity contribution in [3.8, 4) is 0 Å². The van der Waals surface area contributed by atoms with E-state index in [0.717, 1.165) is 30.8 Å². The highest BCUT2D eigenvalue weighted by molar-refractivity contribution is 6.30. The van der Waals surface area contributed by atoms with Gasteiger partial charge in [-0.2, -0.15) is 0 Å². The van der Waals surface area contributed by atoms with E-state index in [2.05, 4.69) is 10.3 Å². The van der Waals surface area contributed by atoms with E-state index in [-0.39, 0.29) is 5.60 Å². The minimum absolute atomic E-state index is 0.0828. The maximum absolute atomic E-state index is 6.09. The maximum atomic E-state index is 6.09. The zero-order chi connectivity index (χ0) is 10.9. The summed E-state index contributed by atoms with van der Waals surface area (Å²) in [4.78, 5) is 4.24. The third-order valence-electron chi connectivity index (χ3n) is 2.91. The number of aryl methyl sites for hydroxylation is 1. The van der Waals surface area contributed by atoms with Crippen molar-refractivity contribution in [1.29, 1.82) is 0 Å². The first-order chi connectivity index (χ1) is 7.15. The molecule has 2 rings (SSSR count). The van der Waals surface area contributed by atoms with Crippen LogP contribution in [0.5, 0.6) is 0 Å². The van der Waals surface area contributed by atoms with Crippen LogP contribution in [0, 0.1) is 6.92 Å². The highest BCUT2D eigenvalue weighted by Gasteiger charge is 2.37. The number of nitrogens with one attached hydrogen (secondary N) is 1. The first kappa shape index (κ1) is 10.9. The van der Waals surface area contributed by atoms with Crippen LogP contribution in [0.3, 0.4) is 0 Å². The molecule has 0 saturated carbocycles. The Morgan fingerprint density at radius 1 is 1.53 bits per heavy atom. The Balaban J connectivity index is 2.16. The number of hydrogen-bond donors (Lipinski definition) is 1. The smallest absolute Gasteiger partial charge is 0.132 e. The summed E-state index contributed by atoms with van der Waals surface area (Å²) < 4.78 is 5.51. The summed E-state index contributed by atoms with van der Waals surface area (Å²) >= 11 is 6.09. The number of ether oxygens (including phenoxy) is 1. The highest BCUT2D eigenvalue weighted by atomic mass is 35.5. The Hall–Kier alpha value is -0.640. The molecule has 3 nitrogen and oxygen atoms in total. The lowest BCUT2D eigenvalue weighted by atomic mass is 9.89. The molecule has 1 aromatic rings. The predicted octanol–water partition coefficient (Wildman–Crippen LogP) is 1.57. The number of halogens is 1. The van der Waals surface area contributed by atoms with E-state index in [0.29, 0.717) is 5.15 Å². The minimum atomic E-state index is -0.0828. The molecule has 0 aliphatic carbocycles. The zero-order valence-electron chi connectivity index (χ0n) is 9.01.